The Kier molecular flexibility index (Phi) is 4.91. The average molecular weight is 264 g/mol. The van der Waals surface area contributed by atoms with Gasteiger partial charge < -0.3 is 10.6 Å². The van der Waals surface area contributed by atoms with Crippen LogP contribution in [0.5, 0.6) is 0 Å². The first-order chi connectivity index (χ1) is 9.16. The van der Waals surface area contributed by atoms with E-state index in [-0.39, 0.29) is 11.7 Å². The topological polar surface area (TPSA) is 41.1 Å². The molecule has 19 heavy (non-hydrogen) atoms. The zero-order valence-corrected chi connectivity index (χ0v) is 11.3. The number of carbonyl (C=O) groups excluding carboxylic acids is 1. The van der Waals surface area contributed by atoms with Crippen molar-refractivity contribution in [3.8, 4) is 0 Å². The minimum absolute atomic E-state index is 0.180. The van der Waals surface area contributed by atoms with Crippen molar-refractivity contribution < 1.29 is 9.18 Å². The van der Waals surface area contributed by atoms with E-state index in [2.05, 4.69) is 10.6 Å². The van der Waals surface area contributed by atoms with E-state index in [0.717, 1.165) is 25.1 Å². The first-order valence-corrected chi connectivity index (χ1v) is 6.92. The Bertz CT molecular complexity index is 442. The van der Waals surface area contributed by atoms with Gasteiger partial charge in [0.2, 0.25) is 0 Å². The Labute approximate surface area is 113 Å². The molecule has 0 aromatic heterocycles. The molecule has 2 rings (SSSR count). The maximum Gasteiger partial charge on any atom is 0.251 e. The maximum atomic E-state index is 13.1. The molecule has 0 saturated carbocycles. The summed E-state index contributed by atoms with van der Waals surface area (Å²) in [5.41, 5.74) is 1.24. The fourth-order valence-electron chi connectivity index (χ4n) is 2.49. The van der Waals surface area contributed by atoms with Crippen LogP contribution in [0.1, 0.15) is 35.2 Å². The van der Waals surface area contributed by atoms with Gasteiger partial charge in [0.15, 0.2) is 0 Å². The number of hydrogen-bond donors (Lipinski definition) is 2. The van der Waals surface area contributed by atoms with Crippen molar-refractivity contribution in [2.45, 2.75) is 26.2 Å². The van der Waals surface area contributed by atoms with E-state index >= 15 is 0 Å². The van der Waals surface area contributed by atoms with Gasteiger partial charge in [-0.1, -0.05) is 6.07 Å². The largest absolute Gasteiger partial charge is 0.352 e. The molecule has 0 aliphatic carbocycles. The van der Waals surface area contributed by atoms with Crippen LogP contribution in [0.25, 0.3) is 0 Å². The number of rotatable bonds is 4. The molecular formula is C15H21FN2O. The van der Waals surface area contributed by atoms with Gasteiger partial charge in [-0.05, 0) is 62.9 Å². The number of halogens is 1. The smallest absolute Gasteiger partial charge is 0.251 e. The molecule has 1 fully saturated rings. The number of nitrogens with one attached hydrogen (secondary N) is 2. The summed E-state index contributed by atoms with van der Waals surface area (Å²) in [5.74, 6) is 0.0932. The Morgan fingerprint density at radius 2 is 2.37 bits per heavy atom. The summed E-state index contributed by atoms with van der Waals surface area (Å²) in [6, 6.07) is 4.31. The zero-order chi connectivity index (χ0) is 13.7. The van der Waals surface area contributed by atoms with E-state index in [1.165, 1.54) is 25.0 Å². The van der Waals surface area contributed by atoms with E-state index in [1.54, 1.807) is 6.07 Å². The first kappa shape index (κ1) is 14.0. The highest BCUT2D eigenvalue weighted by molar-refractivity contribution is 5.95. The van der Waals surface area contributed by atoms with Crippen LogP contribution >= 0.6 is 0 Å². The van der Waals surface area contributed by atoms with Gasteiger partial charge in [-0.2, -0.15) is 0 Å². The molecule has 1 heterocycles. The lowest BCUT2D eigenvalue weighted by Gasteiger charge is -2.22. The summed E-state index contributed by atoms with van der Waals surface area (Å²) in [6.45, 7) is 4.61. The molecule has 1 aromatic rings. The predicted molar refractivity (Wildman–Crippen MR) is 73.7 cm³/mol. The van der Waals surface area contributed by atoms with Gasteiger partial charge in [0, 0.05) is 12.1 Å². The van der Waals surface area contributed by atoms with Crippen LogP contribution in [0.15, 0.2) is 18.2 Å². The Hall–Kier alpha value is -1.42. The summed E-state index contributed by atoms with van der Waals surface area (Å²) in [4.78, 5) is 12.0. The number of amides is 1. The summed E-state index contributed by atoms with van der Waals surface area (Å²) in [6.07, 6.45) is 3.41. The minimum atomic E-state index is -0.368. The highest BCUT2D eigenvalue weighted by Gasteiger charge is 2.14. The van der Waals surface area contributed by atoms with Crippen molar-refractivity contribution in [1.29, 1.82) is 0 Å². The summed E-state index contributed by atoms with van der Waals surface area (Å²) in [7, 11) is 0. The third kappa shape index (κ3) is 4.03. The molecule has 1 atom stereocenters. The van der Waals surface area contributed by atoms with E-state index in [1.807, 2.05) is 6.92 Å². The van der Waals surface area contributed by atoms with E-state index in [4.69, 9.17) is 0 Å². The highest BCUT2D eigenvalue weighted by Crippen LogP contribution is 2.14. The minimum Gasteiger partial charge on any atom is -0.352 e. The lowest BCUT2D eigenvalue weighted by atomic mass is 9.96. The van der Waals surface area contributed by atoms with Crippen LogP contribution < -0.4 is 10.6 Å². The molecule has 1 aliphatic rings. The molecule has 3 nitrogen and oxygen atoms in total. The molecular weight excluding hydrogens is 243 g/mol. The quantitative estimate of drug-likeness (QED) is 0.875. The van der Waals surface area contributed by atoms with E-state index in [9.17, 15) is 9.18 Å². The molecule has 2 N–H and O–H groups in total. The molecule has 0 bridgehead atoms. The molecule has 104 valence electrons. The van der Waals surface area contributed by atoms with Crippen LogP contribution in [0.3, 0.4) is 0 Å². The predicted octanol–water partition coefficient (Wildman–Crippen LogP) is 2.25. The van der Waals surface area contributed by atoms with Crippen LogP contribution in [-0.2, 0) is 0 Å². The van der Waals surface area contributed by atoms with E-state index < -0.39 is 0 Å². The SMILES string of the molecule is Cc1ccc(F)cc1C(=O)NCCC1CCCNC1. The molecule has 0 radical (unpaired) electrons. The van der Waals surface area contributed by atoms with Crippen molar-refractivity contribution in [3.05, 3.63) is 35.1 Å². The van der Waals surface area contributed by atoms with Gasteiger partial charge in [-0.15, -0.1) is 0 Å². The third-order valence-corrected chi connectivity index (χ3v) is 3.68. The van der Waals surface area contributed by atoms with Gasteiger partial charge in [0.1, 0.15) is 5.82 Å². The number of aryl methyl sites for hydroxylation is 1. The second kappa shape index (κ2) is 6.66. The van der Waals surface area contributed by atoms with Crippen molar-refractivity contribution in [1.82, 2.24) is 10.6 Å². The summed E-state index contributed by atoms with van der Waals surface area (Å²) >= 11 is 0. The molecule has 0 spiro atoms. The summed E-state index contributed by atoms with van der Waals surface area (Å²) < 4.78 is 13.1. The van der Waals surface area contributed by atoms with Gasteiger partial charge in [0.05, 0.1) is 0 Å². The Morgan fingerprint density at radius 3 is 3.11 bits per heavy atom. The second-order valence-electron chi connectivity index (χ2n) is 5.22. The molecule has 1 aliphatic heterocycles. The van der Waals surface area contributed by atoms with Gasteiger partial charge >= 0.3 is 0 Å². The van der Waals surface area contributed by atoms with Crippen LogP contribution in [0, 0.1) is 18.7 Å². The fraction of sp³-hybridized carbons (Fsp3) is 0.533. The van der Waals surface area contributed by atoms with Crippen molar-refractivity contribution >= 4 is 5.91 Å². The van der Waals surface area contributed by atoms with Crippen molar-refractivity contribution in [3.63, 3.8) is 0 Å². The molecule has 1 saturated heterocycles. The highest BCUT2D eigenvalue weighted by atomic mass is 19.1. The van der Waals surface area contributed by atoms with Gasteiger partial charge in [-0.25, -0.2) is 4.39 Å². The lowest BCUT2D eigenvalue weighted by molar-refractivity contribution is 0.0949. The molecule has 1 aromatic carbocycles. The lowest BCUT2D eigenvalue weighted by Crippen LogP contribution is -2.33. The average Bonchev–Trinajstić information content (AvgIpc) is 2.42. The molecule has 1 unspecified atom stereocenters. The van der Waals surface area contributed by atoms with Crippen molar-refractivity contribution in [2.75, 3.05) is 19.6 Å². The number of carbonyl (C=O) groups is 1. The number of benzene rings is 1. The Balaban J connectivity index is 1.82. The Morgan fingerprint density at radius 1 is 1.53 bits per heavy atom. The number of hydrogen-bond acceptors (Lipinski definition) is 2. The maximum absolute atomic E-state index is 13.1. The number of piperidine rings is 1. The van der Waals surface area contributed by atoms with Crippen LogP contribution in [-0.4, -0.2) is 25.5 Å². The summed E-state index contributed by atoms with van der Waals surface area (Å²) in [5, 5.41) is 6.24. The standard InChI is InChI=1S/C15H21FN2O/c1-11-4-5-13(16)9-14(11)15(19)18-8-6-12-3-2-7-17-10-12/h4-5,9,12,17H,2-3,6-8,10H2,1H3,(H,18,19). The molecule has 4 heteroatoms. The normalized spacial score (nSPS) is 19.2. The molecule has 1 amide bonds. The van der Waals surface area contributed by atoms with Gasteiger partial charge in [0.25, 0.3) is 5.91 Å². The van der Waals surface area contributed by atoms with E-state index in [0.29, 0.717) is 18.0 Å². The van der Waals surface area contributed by atoms with Crippen LogP contribution in [0.2, 0.25) is 0 Å². The van der Waals surface area contributed by atoms with Gasteiger partial charge in [-0.3, -0.25) is 4.79 Å². The second-order valence-corrected chi connectivity index (χ2v) is 5.22. The zero-order valence-electron chi connectivity index (χ0n) is 11.3. The first-order valence-electron chi connectivity index (χ1n) is 6.92. The van der Waals surface area contributed by atoms with Crippen LogP contribution in [0.4, 0.5) is 4.39 Å². The fourth-order valence-corrected chi connectivity index (χ4v) is 2.49. The van der Waals surface area contributed by atoms with Crippen molar-refractivity contribution in [2.24, 2.45) is 5.92 Å². The monoisotopic (exact) mass is 264 g/mol. The third-order valence-electron chi connectivity index (χ3n) is 3.68.